The van der Waals surface area contributed by atoms with Crippen LogP contribution in [0.15, 0.2) is 11.1 Å². The third-order valence-electron chi connectivity index (χ3n) is 4.78. The summed E-state index contributed by atoms with van der Waals surface area (Å²) >= 11 is 1.30. The zero-order valence-electron chi connectivity index (χ0n) is 13.4. The van der Waals surface area contributed by atoms with Gasteiger partial charge in [-0.1, -0.05) is 20.3 Å². The number of carbonyl (C=O) groups is 1. The molecule has 1 aliphatic carbocycles. The Hall–Kier alpha value is -1.69. The standard InChI is InChI=1S/C16H21N3O2S/c1-9-11-14(17-8-19(4)15(11)21)22-12(9)13(20)18-10-6-5-7-16(10,2)3/h8,10H,5-7H2,1-4H3,(H,18,20)/t10-/m0/s1. The Kier molecular flexibility index (Phi) is 3.59. The largest absolute Gasteiger partial charge is 0.348 e. The van der Waals surface area contributed by atoms with E-state index in [2.05, 4.69) is 24.1 Å². The van der Waals surface area contributed by atoms with E-state index in [1.807, 2.05) is 6.92 Å². The second kappa shape index (κ2) is 5.19. The number of fused-ring (bicyclic) bond motifs is 1. The monoisotopic (exact) mass is 319 g/mol. The third-order valence-corrected chi connectivity index (χ3v) is 5.98. The van der Waals surface area contributed by atoms with Crippen molar-refractivity contribution in [1.82, 2.24) is 14.9 Å². The number of thiophene rings is 1. The van der Waals surface area contributed by atoms with Crippen LogP contribution in [0, 0.1) is 12.3 Å². The summed E-state index contributed by atoms with van der Waals surface area (Å²) < 4.78 is 1.45. The molecule has 2 heterocycles. The fraction of sp³-hybridized carbons (Fsp3) is 0.562. The third kappa shape index (κ3) is 2.35. The zero-order valence-corrected chi connectivity index (χ0v) is 14.2. The van der Waals surface area contributed by atoms with Gasteiger partial charge in [-0.05, 0) is 30.7 Å². The lowest BCUT2D eigenvalue weighted by molar-refractivity contribution is 0.0913. The molecule has 5 nitrogen and oxygen atoms in total. The Balaban J connectivity index is 1.97. The van der Waals surface area contributed by atoms with Crippen molar-refractivity contribution in [2.24, 2.45) is 12.5 Å². The van der Waals surface area contributed by atoms with E-state index in [1.54, 1.807) is 7.05 Å². The van der Waals surface area contributed by atoms with Gasteiger partial charge in [-0.2, -0.15) is 0 Å². The second-order valence-electron chi connectivity index (χ2n) is 6.80. The number of aryl methyl sites for hydroxylation is 2. The predicted molar refractivity (Wildman–Crippen MR) is 88.5 cm³/mol. The van der Waals surface area contributed by atoms with Crippen molar-refractivity contribution in [3.8, 4) is 0 Å². The molecule has 0 spiro atoms. The van der Waals surface area contributed by atoms with Gasteiger partial charge in [-0.3, -0.25) is 9.59 Å². The van der Waals surface area contributed by atoms with Crippen LogP contribution in [0.4, 0.5) is 0 Å². The molecule has 0 aromatic carbocycles. The maximum absolute atomic E-state index is 12.6. The summed E-state index contributed by atoms with van der Waals surface area (Å²) in [6, 6.07) is 0.195. The Labute approximate surface area is 133 Å². The summed E-state index contributed by atoms with van der Waals surface area (Å²) in [6.45, 7) is 6.22. The van der Waals surface area contributed by atoms with Crippen LogP contribution < -0.4 is 10.9 Å². The highest BCUT2D eigenvalue weighted by molar-refractivity contribution is 7.20. The Morgan fingerprint density at radius 3 is 2.86 bits per heavy atom. The summed E-state index contributed by atoms with van der Waals surface area (Å²) in [5.74, 6) is -0.0810. The molecule has 1 saturated carbocycles. The predicted octanol–water partition coefficient (Wildman–Crippen LogP) is 2.61. The molecular formula is C16H21N3O2S. The number of carbonyl (C=O) groups excluding carboxylic acids is 1. The van der Waals surface area contributed by atoms with E-state index in [0.717, 1.165) is 24.8 Å². The molecule has 1 fully saturated rings. The van der Waals surface area contributed by atoms with Gasteiger partial charge < -0.3 is 9.88 Å². The van der Waals surface area contributed by atoms with Gasteiger partial charge in [-0.25, -0.2) is 4.98 Å². The van der Waals surface area contributed by atoms with E-state index in [1.165, 1.54) is 22.2 Å². The molecule has 118 valence electrons. The van der Waals surface area contributed by atoms with Gasteiger partial charge >= 0.3 is 0 Å². The van der Waals surface area contributed by atoms with Crippen LogP contribution in [0.3, 0.4) is 0 Å². The number of rotatable bonds is 2. The summed E-state index contributed by atoms with van der Waals surface area (Å²) in [5.41, 5.74) is 0.773. The first-order chi connectivity index (χ1) is 10.3. The molecular weight excluding hydrogens is 298 g/mol. The van der Waals surface area contributed by atoms with E-state index in [4.69, 9.17) is 0 Å². The number of amides is 1. The second-order valence-corrected chi connectivity index (χ2v) is 7.80. The summed E-state index contributed by atoms with van der Waals surface area (Å²) in [6.07, 6.45) is 4.79. The van der Waals surface area contributed by atoms with Crippen molar-refractivity contribution in [1.29, 1.82) is 0 Å². The molecule has 2 aromatic heterocycles. The average molecular weight is 319 g/mol. The van der Waals surface area contributed by atoms with Crippen molar-refractivity contribution in [2.75, 3.05) is 0 Å². The van der Waals surface area contributed by atoms with Crippen LogP contribution in [0.1, 0.15) is 48.3 Å². The summed E-state index contributed by atoms with van der Waals surface area (Å²) in [7, 11) is 1.67. The van der Waals surface area contributed by atoms with Crippen LogP contribution in [0.2, 0.25) is 0 Å². The number of nitrogens with zero attached hydrogens (tertiary/aromatic N) is 2. The quantitative estimate of drug-likeness (QED) is 0.925. The highest BCUT2D eigenvalue weighted by atomic mass is 32.1. The number of aromatic nitrogens is 2. The molecule has 1 N–H and O–H groups in total. The van der Waals surface area contributed by atoms with E-state index in [-0.39, 0.29) is 22.9 Å². The van der Waals surface area contributed by atoms with E-state index < -0.39 is 0 Å². The minimum Gasteiger partial charge on any atom is -0.348 e. The average Bonchev–Trinajstić information content (AvgIpc) is 2.95. The topological polar surface area (TPSA) is 64.0 Å². The number of nitrogens with one attached hydrogen (secondary N) is 1. The van der Waals surface area contributed by atoms with Crippen molar-refractivity contribution < 1.29 is 4.79 Å². The van der Waals surface area contributed by atoms with Gasteiger partial charge in [0.1, 0.15) is 4.83 Å². The highest BCUT2D eigenvalue weighted by Crippen LogP contribution is 2.37. The number of hydrogen-bond acceptors (Lipinski definition) is 4. The van der Waals surface area contributed by atoms with Crippen molar-refractivity contribution in [3.63, 3.8) is 0 Å². The van der Waals surface area contributed by atoms with Gasteiger partial charge in [0, 0.05) is 13.1 Å². The van der Waals surface area contributed by atoms with Crippen LogP contribution in [0.25, 0.3) is 10.2 Å². The Bertz CT molecular complexity index is 804. The first-order valence-electron chi connectivity index (χ1n) is 7.57. The lowest BCUT2D eigenvalue weighted by atomic mass is 9.87. The highest BCUT2D eigenvalue weighted by Gasteiger charge is 2.36. The van der Waals surface area contributed by atoms with Crippen LogP contribution in [-0.4, -0.2) is 21.5 Å². The summed E-state index contributed by atoms with van der Waals surface area (Å²) in [5, 5.41) is 3.72. The van der Waals surface area contributed by atoms with Gasteiger partial charge in [0.05, 0.1) is 16.6 Å². The molecule has 0 saturated heterocycles. The molecule has 22 heavy (non-hydrogen) atoms. The molecule has 1 aliphatic rings. The first kappa shape index (κ1) is 15.2. The first-order valence-corrected chi connectivity index (χ1v) is 8.38. The molecule has 6 heteroatoms. The maximum Gasteiger partial charge on any atom is 0.262 e. The van der Waals surface area contributed by atoms with Crippen molar-refractivity contribution >= 4 is 27.5 Å². The van der Waals surface area contributed by atoms with Crippen LogP contribution in [0.5, 0.6) is 0 Å². The fourth-order valence-corrected chi connectivity index (χ4v) is 4.29. The molecule has 1 atom stereocenters. The molecule has 0 radical (unpaired) electrons. The van der Waals surface area contributed by atoms with Crippen molar-refractivity contribution in [2.45, 2.75) is 46.1 Å². The Morgan fingerprint density at radius 2 is 2.23 bits per heavy atom. The van der Waals surface area contributed by atoms with Crippen molar-refractivity contribution in [3.05, 3.63) is 27.1 Å². The lowest BCUT2D eigenvalue weighted by Gasteiger charge is -2.27. The fourth-order valence-electron chi connectivity index (χ4n) is 3.24. The zero-order chi connectivity index (χ0) is 16.1. The number of hydrogen-bond donors (Lipinski definition) is 1. The molecule has 3 rings (SSSR count). The van der Waals surface area contributed by atoms with E-state index in [0.29, 0.717) is 15.1 Å². The molecule has 2 aromatic rings. The van der Waals surface area contributed by atoms with Crippen LogP contribution in [-0.2, 0) is 7.05 Å². The Morgan fingerprint density at radius 1 is 1.50 bits per heavy atom. The van der Waals surface area contributed by atoms with Gasteiger partial charge in [-0.15, -0.1) is 11.3 Å². The van der Waals surface area contributed by atoms with E-state index >= 15 is 0 Å². The van der Waals surface area contributed by atoms with E-state index in [9.17, 15) is 9.59 Å². The summed E-state index contributed by atoms with van der Waals surface area (Å²) in [4.78, 5) is 30.4. The molecule has 1 amide bonds. The minimum absolute atomic E-state index is 0.0810. The molecule has 0 bridgehead atoms. The lowest BCUT2D eigenvalue weighted by Crippen LogP contribution is -2.41. The molecule has 0 aliphatic heterocycles. The van der Waals surface area contributed by atoms with Gasteiger partial charge in [0.25, 0.3) is 11.5 Å². The smallest absolute Gasteiger partial charge is 0.262 e. The van der Waals surface area contributed by atoms with Gasteiger partial charge in [0.2, 0.25) is 0 Å². The van der Waals surface area contributed by atoms with Gasteiger partial charge in [0.15, 0.2) is 0 Å². The van der Waals surface area contributed by atoms with Crippen LogP contribution >= 0.6 is 11.3 Å². The maximum atomic E-state index is 12.6. The normalized spacial score (nSPS) is 20.5. The minimum atomic E-state index is -0.0982. The SMILES string of the molecule is Cc1c(C(=O)N[C@H]2CCCC2(C)C)sc2ncn(C)c(=O)c12. The molecule has 0 unspecified atom stereocenters.